The number of anilines is 2. The molecule has 2 N–H and O–H groups in total. The number of ether oxygens (including phenoxy) is 1. The summed E-state index contributed by atoms with van der Waals surface area (Å²) in [5.74, 6) is -0.354. The normalized spacial score (nSPS) is 10.4. The van der Waals surface area contributed by atoms with Crippen molar-refractivity contribution in [1.82, 2.24) is 0 Å². The zero-order valence-corrected chi connectivity index (χ0v) is 19.3. The van der Waals surface area contributed by atoms with Crippen molar-refractivity contribution < 1.29 is 9.53 Å². The molecule has 3 rings (SSSR count). The maximum atomic E-state index is 12.4. The monoisotopic (exact) mass is 488 g/mol. The van der Waals surface area contributed by atoms with Crippen molar-refractivity contribution in [3.63, 3.8) is 0 Å². The summed E-state index contributed by atoms with van der Waals surface area (Å²) >= 11 is 10.4. The van der Waals surface area contributed by atoms with Crippen LogP contribution in [0.15, 0.2) is 59.1 Å². The van der Waals surface area contributed by atoms with Crippen molar-refractivity contribution in [2.75, 3.05) is 17.2 Å². The summed E-state index contributed by atoms with van der Waals surface area (Å²) in [7, 11) is 0. The molecule has 2 aromatic carbocycles. The van der Waals surface area contributed by atoms with E-state index in [2.05, 4.69) is 38.7 Å². The number of esters is 1. The molecule has 29 heavy (non-hydrogen) atoms. The summed E-state index contributed by atoms with van der Waals surface area (Å²) < 4.78 is 6.23. The second-order valence-corrected chi connectivity index (χ2v) is 8.84. The predicted molar refractivity (Wildman–Crippen MR) is 128 cm³/mol. The van der Waals surface area contributed by atoms with Crippen molar-refractivity contribution in [2.45, 2.75) is 20.3 Å². The molecule has 1 aromatic heterocycles. The molecule has 0 bridgehead atoms. The van der Waals surface area contributed by atoms with Crippen LogP contribution in [0.2, 0.25) is 0 Å². The zero-order valence-electron chi connectivity index (χ0n) is 16.1. The summed E-state index contributed by atoms with van der Waals surface area (Å²) in [5.41, 5.74) is 3.65. The van der Waals surface area contributed by atoms with Crippen molar-refractivity contribution in [3.05, 3.63) is 80.6 Å². The van der Waals surface area contributed by atoms with Crippen molar-refractivity contribution in [1.29, 1.82) is 0 Å². The average Bonchev–Trinajstić information content (AvgIpc) is 3.07. The molecule has 4 nitrogen and oxygen atoms in total. The highest BCUT2D eigenvalue weighted by molar-refractivity contribution is 9.10. The second-order valence-electron chi connectivity index (χ2n) is 6.38. The number of thiocarbonyl (C=S) groups is 1. The number of carbonyl (C=O) groups is 1. The maximum Gasteiger partial charge on any atom is 0.341 e. The molecule has 0 fully saturated rings. The van der Waals surface area contributed by atoms with Crippen LogP contribution in [0, 0.1) is 6.92 Å². The van der Waals surface area contributed by atoms with Gasteiger partial charge >= 0.3 is 5.97 Å². The van der Waals surface area contributed by atoms with Crippen LogP contribution in [0.3, 0.4) is 0 Å². The Balaban J connectivity index is 1.80. The fourth-order valence-corrected chi connectivity index (χ4v) is 4.64. The van der Waals surface area contributed by atoms with Crippen LogP contribution in [0.1, 0.15) is 33.3 Å². The Labute approximate surface area is 188 Å². The minimum Gasteiger partial charge on any atom is -0.462 e. The Kier molecular flexibility index (Phi) is 7.41. The van der Waals surface area contributed by atoms with Crippen LogP contribution < -0.4 is 10.6 Å². The third-order valence-electron chi connectivity index (χ3n) is 4.16. The minimum atomic E-state index is -0.354. The van der Waals surface area contributed by atoms with Gasteiger partial charge in [0.05, 0.1) is 12.2 Å². The van der Waals surface area contributed by atoms with E-state index in [1.54, 1.807) is 6.92 Å². The van der Waals surface area contributed by atoms with Gasteiger partial charge in [-0.05, 0) is 61.5 Å². The first kappa shape index (κ1) is 21.5. The first-order valence-corrected chi connectivity index (χ1v) is 11.2. The Morgan fingerprint density at radius 1 is 1.14 bits per heavy atom. The molecule has 150 valence electrons. The molecule has 0 amide bonds. The first-order valence-electron chi connectivity index (χ1n) is 9.14. The van der Waals surface area contributed by atoms with Crippen molar-refractivity contribution in [2.24, 2.45) is 0 Å². The smallest absolute Gasteiger partial charge is 0.341 e. The van der Waals surface area contributed by atoms with E-state index in [4.69, 9.17) is 17.0 Å². The minimum absolute atomic E-state index is 0.322. The van der Waals surface area contributed by atoms with Gasteiger partial charge in [-0.25, -0.2) is 4.79 Å². The number of rotatable bonds is 6. The molecule has 0 aliphatic carbocycles. The fourth-order valence-electron chi connectivity index (χ4n) is 2.80. The van der Waals surface area contributed by atoms with E-state index >= 15 is 0 Å². The van der Waals surface area contributed by atoms with Crippen molar-refractivity contribution in [3.8, 4) is 0 Å². The van der Waals surface area contributed by atoms with E-state index in [1.165, 1.54) is 16.9 Å². The van der Waals surface area contributed by atoms with E-state index in [0.717, 1.165) is 27.0 Å². The van der Waals surface area contributed by atoms with Gasteiger partial charge in [-0.15, -0.1) is 11.3 Å². The number of benzene rings is 2. The number of hydrogen-bond donors (Lipinski definition) is 2. The van der Waals surface area contributed by atoms with Crippen LogP contribution in [-0.2, 0) is 11.2 Å². The molecular formula is C22H21BrN2O2S2. The molecule has 0 saturated heterocycles. The molecule has 0 saturated carbocycles. The van der Waals surface area contributed by atoms with Gasteiger partial charge in [0, 0.05) is 21.5 Å². The number of thiophene rings is 1. The maximum absolute atomic E-state index is 12.4. The van der Waals surface area contributed by atoms with Gasteiger partial charge in [-0.3, -0.25) is 0 Å². The lowest BCUT2D eigenvalue weighted by molar-refractivity contribution is 0.0528. The van der Waals surface area contributed by atoms with Crippen LogP contribution in [-0.4, -0.2) is 17.7 Å². The zero-order chi connectivity index (χ0) is 20.8. The Bertz CT molecular complexity index is 1020. The van der Waals surface area contributed by atoms with E-state index in [1.807, 2.05) is 49.4 Å². The van der Waals surface area contributed by atoms with Gasteiger partial charge < -0.3 is 15.4 Å². The molecule has 1 heterocycles. The number of nitrogens with one attached hydrogen (secondary N) is 2. The van der Waals surface area contributed by atoms with Gasteiger partial charge in [0.25, 0.3) is 0 Å². The molecule has 7 heteroatoms. The van der Waals surface area contributed by atoms with E-state index in [-0.39, 0.29) is 5.97 Å². The summed E-state index contributed by atoms with van der Waals surface area (Å²) in [6.07, 6.45) is 0.742. The van der Waals surface area contributed by atoms with E-state index in [0.29, 0.717) is 22.3 Å². The number of carbonyl (C=O) groups excluding carboxylic acids is 1. The summed E-state index contributed by atoms with van der Waals surface area (Å²) in [6, 6.07) is 17.9. The SMILES string of the molecule is CCOC(=O)c1cc(Cc2ccccc2)sc1NC(=S)Nc1ccc(Br)cc1C. The fraction of sp³-hybridized carbons (Fsp3) is 0.182. The Morgan fingerprint density at radius 2 is 1.90 bits per heavy atom. The quantitative estimate of drug-likeness (QED) is 0.310. The van der Waals surface area contributed by atoms with E-state index < -0.39 is 0 Å². The van der Waals surface area contributed by atoms with Gasteiger partial charge in [0.15, 0.2) is 5.11 Å². The number of hydrogen-bond acceptors (Lipinski definition) is 4. The van der Waals surface area contributed by atoms with Crippen LogP contribution in [0.5, 0.6) is 0 Å². The summed E-state index contributed by atoms with van der Waals surface area (Å²) in [6.45, 7) is 4.12. The van der Waals surface area contributed by atoms with Crippen molar-refractivity contribution >= 4 is 61.3 Å². The molecule has 0 aliphatic heterocycles. The standard InChI is InChI=1S/C22H21BrN2O2S2/c1-3-27-21(26)18-13-17(12-15-7-5-4-6-8-15)29-20(18)25-22(28)24-19-10-9-16(23)11-14(19)2/h4-11,13H,3,12H2,1-2H3,(H2,24,25,28). The van der Waals surface area contributed by atoms with Crippen LogP contribution in [0.25, 0.3) is 0 Å². The molecule has 0 radical (unpaired) electrons. The second kappa shape index (κ2) is 10.0. The highest BCUT2D eigenvalue weighted by Gasteiger charge is 2.18. The summed E-state index contributed by atoms with van der Waals surface area (Å²) in [5, 5.41) is 7.48. The topological polar surface area (TPSA) is 50.4 Å². The van der Waals surface area contributed by atoms with Gasteiger partial charge in [0.1, 0.15) is 5.00 Å². The highest BCUT2D eigenvalue weighted by atomic mass is 79.9. The molecule has 3 aromatic rings. The molecule has 0 spiro atoms. The highest BCUT2D eigenvalue weighted by Crippen LogP contribution is 2.31. The third-order valence-corrected chi connectivity index (χ3v) is 5.91. The lowest BCUT2D eigenvalue weighted by atomic mass is 10.1. The largest absolute Gasteiger partial charge is 0.462 e. The first-order chi connectivity index (χ1) is 14.0. The number of aryl methyl sites for hydroxylation is 1. The third kappa shape index (κ3) is 5.88. The lowest BCUT2D eigenvalue weighted by Gasteiger charge is -2.12. The Morgan fingerprint density at radius 3 is 2.59 bits per heavy atom. The average molecular weight is 489 g/mol. The lowest BCUT2D eigenvalue weighted by Crippen LogP contribution is -2.20. The number of halogens is 1. The van der Waals surface area contributed by atoms with Gasteiger partial charge in [0.2, 0.25) is 0 Å². The van der Waals surface area contributed by atoms with Crippen LogP contribution >= 0.6 is 39.5 Å². The van der Waals surface area contributed by atoms with Gasteiger partial charge in [-0.2, -0.15) is 0 Å². The molecular weight excluding hydrogens is 468 g/mol. The van der Waals surface area contributed by atoms with E-state index in [9.17, 15) is 4.79 Å². The van der Waals surface area contributed by atoms with Crippen LogP contribution in [0.4, 0.5) is 10.7 Å². The summed E-state index contributed by atoms with van der Waals surface area (Å²) in [4.78, 5) is 13.5. The molecule has 0 atom stereocenters. The predicted octanol–water partition coefficient (Wildman–Crippen LogP) is 6.40. The molecule has 0 unspecified atom stereocenters. The molecule has 0 aliphatic rings. The Hall–Kier alpha value is -2.22. The van der Waals surface area contributed by atoms with Gasteiger partial charge in [-0.1, -0.05) is 46.3 Å².